The molecule has 3 N–H and O–H groups in total. The number of nitrogens with two attached hydrogens (primary N) is 1. The second-order valence-corrected chi connectivity index (χ2v) is 2.27. The van der Waals surface area contributed by atoms with Crippen molar-refractivity contribution in [3.8, 4) is 0 Å². The molecule has 10 heavy (non-hydrogen) atoms. The van der Waals surface area contributed by atoms with Gasteiger partial charge < -0.3 is 10.7 Å². The minimum Gasteiger partial charge on any atom is -0.363 e. The minimum absolute atomic E-state index is 0.00829. The van der Waals surface area contributed by atoms with E-state index in [1.165, 1.54) is 12.1 Å². The molecule has 0 bridgehead atoms. The van der Waals surface area contributed by atoms with E-state index in [1.54, 1.807) is 6.20 Å². The summed E-state index contributed by atoms with van der Waals surface area (Å²) in [6, 6.07) is 2.87. The molecule has 1 atom stereocenters. The first-order valence-electron chi connectivity index (χ1n) is 3.14. The van der Waals surface area contributed by atoms with Gasteiger partial charge in [0.15, 0.2) is 5.43 Å². The lowest BCUT2D eigenvalue weighted by atomic mass is 10.2. The molecular formula is C7H10N2O. The van der Waals surface area contributed by atoms with Crippen LogP contribution < -0.4 is 11.2 Å². The van der Waals surface area contributed by atoms with Crippen LogP contribution in [0, 0.1) is 0 Å². The Bertz CT molecular complexity index is 264. The average Bonchev–Trinajstić information content (AvgIpc) is 1.88. The molecule has 0 aromatic carbocycles. The number of pyridine rings is 1. The molecule has 1 aromatic rings. The van der Waals surface area contributed by atoms with Gasteiger partial charge in [0.2, 0.25) is 0 Å². The molecule has 3 heteroatoms. The molecule has 3 nitrogen and oxygen atoms in total. The van der Waals surface area contributed by atoms with Crippen LogP contribution in [-0.2, 0) is 0 Å². The van der Waals surface area contributed by atoms with E-state index in [0.29, 0.717) is 0 Å². The summed E-state index contributed by atoms with van der Waals surface area (Å²) < 4.78 is 0. The van der Waals surface area contributed by atoms with Gasteiger partial charge in [0.1, 0.15) is 0 Å². The average molecular weight is 138 g/mol. The van der Waals surface area contributed by atoms with Gasteiger partial charge in [-0.2, -0.15) is 0 Å². The number of rotatable bonds is 1. The van der Waals surface area contributed by atoms with Crippen LogP contribution in [-0.4, -0.2) is 4.98 Å². The van der Waals surface area contributed by atoms with E-state index in [-0.39, 0.29) is 11.5 Å². The van der Waals surface area contributed by atoms with Crippen LogP contribution in [0.3, 0.4) is 0 Å². The molecule has 1 aromatic heterocycles. The van der Waals surface area contributed by atoms with Gasteiger partial charge in [-0.15, -0.1) is 0 Å². The Kier molecular flexibility index (Phi) is 1.87. The molecule has 0 spiro atoms. The molecule has 1 rings (SSSR count). The van der Waals surface area contributed by atoms with Crippen LogP contribution >= 0.6 is 0 Å². The number of hydrogen-bond donors (Lipinski definition) is 2. The summed E-state index contributed by atoms with van der Waals surface area (Å²) in [6.07, 6.45) is 1.60. The quantitative estimate of drug-likeness (QED) is 0.590. The predicted octanol–water partition coefficient (Wildman–Crippen LogP) is 0.395. The fraction of sp³-hybridized carbons (Fsp3) is 0.286. The van der Waals surface area contributed by atoms with Gasteiger partial charge in [-0.25, -0.2) is 0 Å². The summed E-state index contributed by atoms with van der Waals surface area (Å²) in [5.41, 5.74) is 6.28. The monoisotopic (exact) mass is 138 g/mol. The largest absolute Gasteiger partial charge is 0.363 e. The summed E-state index contributed by atoms with van der Waals surface area (Å²) in [5.74, 6) is 0. The lowest BCUT2D eigenvalue weighted by Gasteiger charge is -2.02. The van der Waals surface area contributed by atoms with Gasteiger partial charge in [-0.1, -0.05) is 0 Å². The first-order valence-corrected chi connectivity index (χ1v) is 3.14. The van der Waals surface area contributed by atoms with Crippen molar-refractivity contribution in [2.45, 2.75) is 13.0 Å². The van der Waals surface area contributed by atoms with Crippen LogP contribution in [0.5, 0.6) is 0 Å². The normalized spacial score (nSPS) is 13.0. The fourth-order valence-electron chi connectivity index (χ4n) is 0.726. The smallest absolute Gasteiger partial charge is 0.181 e. The molecular weight excluding hydrogens is 128 g/mol. The topological polar surface area (TPSA) is 58.9 Å². The van der Waals surface area contributed by atoms with Crippen molar-refractivity contribution >= 4 is 0 Å². The predicted molar refractivity (Wildman–Crippen MR) is 39.7 cm³/mol. The van der Waals surface area contributed by atoms with Crippen molar-refractivity contribution in [2.75, 3.05) is 0 Å². The Morgan fingerprint density at radius 2 is 2.40 bits per heavy atom. The van der Waals surface area contributed by atoms with Crippen molar-refractivity contribution < 1.29 is 0 Å². The van der Waals surface area contributed by atoms with E-state index in [4.69, 9.17) is 5.73 Å². The molecule has 0 saturated heterocycles. The van der Waals surface area contributed by atoms with Crippen molar-refractivity contribution in [1.29, 1.82) is 0 Å². The van der Waals surface area contributed by atoms with E-state index in [0.717, 1.165) is 5.69 Å². The van der Waals surface area contributed by atoms with E-state index >= 15 is 0 Å². The zero-order valence-corrected chi connectivity index (χ0v) is 5.79. The summed E-state index contributed by atoms with van der Waals surface area (Å²) in [5, 5.41) is 0. The molecule has 1 unspecified atom stereocenters. The number of hydrogen-bond acceptors (Lipinski definition) is 2. The van der Waals surface area contributed by atoms with Crippen LogP contribution in [0.2, 0.25) is 0 Å². The maximum atomic E-state index is 10.7. The highest BCUT2D eigenvalue weighted by Gasteiger charge is 1.97. The second-order valence-electron chi connectivity index (χ2n) is 2.27. The van der Waals surface area contributed by atoms with E-state index < -0.39 is 0 Å². The fourth-order valence-corrected chi connectivity index (χ4v) is 0.726. The van der Waals surface area contributed by atoms with Gasteiger partial charge >= 0.3 is 0 Å². The van der Waals surface area contributed by atoms with E-state index in [9.17, 15) is 4.79 Å². The van der Waals surface area contributed by atoms with Gasteiger partial charge in [0.25, 0.3) is 0 Å². The number of aromatic nitrogens is 1. The molecule has 54 valence electrons. The van der Waals surface area contributed by atoms with Gasteiger partial charge in [-0.05, 0) is 6.92 Å². The Morgan fingerprint density at radius 3 is 2.80 bits per heavy atom. The van der Waals surface area contributed by atoms with Crippen LogP contribution in [0.4, 0.5) is 0 Å². The summed E-state index contributed by atoms with van der Waals surface area (Å²) >= 11 is 0. The third kappa shape index (κ3) is 1.45. The standard InChI is InChI=1S/C7H10N2O/c1-5(8)7-4-6(10)2-3-9-7/h2-5H,8H2,1H3,(H,9,10). The van der Waals surface area contributed by atoms with Gasteiger partial charge in [-0.3, -0.25) is 4.79 Å². The molecule has 0 aliphatic carbocycles. The molecule has 0 saturated carbocycles. The third-order valence-electron chi connectivity index (χ3n) is 1.29. The molecule has 0 amide bonds. The lowest BCUT2D eigenvalue weighted by Crippen LogP contribution is -2.10. The van der Waals surface area contributed by atoms with Crippen molar-refractivity contribution in [3.05, 3.63) is 34.2 Å². The maximum Gasteiger partial charge on any atom is 0.181 e. The lowest BCUT2D eigenvalue weighted by molar-refractivity contribution is 0.779. The maximum absolute atomic E-state index is 10.7. The highest BCUT2D eigenvalue weighted by atomic mass is 16.1. The summed E-state index contributed by atoms with van der Waals surface area (Å²) in [4.78, 5) is 13.6. The molecule has 1 heterocycles. The molecule has 0 aliphatic rings. The first-order chi connectivity index (χ1) is 4.70. The zero-order valence-electron chi connectivity index (χ0n) is 5.79. The molecule has 0 radical (unpaired) electrons. The van der Waals surface area contributed by atoms with Crippen LogP contribution in [0.25, 0.3) is 0 Å². The first kappa shape index (κ1) is 7.02. The van der Waals surface area contributed by atoms with Gasteiger partial charge in [0, 0.05) is 30.1 Å². The molecule has 0 aliphatic heterocycles. The SMILES string of the molecule is CC(N)c1cc(=O)cc[nH]1. The number of H-pyrrole nitrogens is 1. The van der Waals surface area contributed by atoms with E-state index in [1.807, 2.05) is 6.92 Å². The number of nitrogens with one attached hydrogen (secondary N) is 1. The zero-order chi connectivity index (χ0) is 7.56. The summed E-state index contributed by atoms with van der Waals surface area (Å²) in [7, 11) is 0. The Balaban J connectivity index is 3.07. The highest BCUT2D eigenvalue weighted by Crippen LogP contribution is 1.99. The van der Waals surface area contributed by atoms with Crippen molar-refractivity contribution in [2.24, 2.45) is 5.73 Å². The Hall–Kier alpha value is -1.09. The van der Waals surface area contributed by atoms with Crippen molar-refractivity contribution in [1.82, 2.24) is 4.98 Å². The minimum atomic E-state index is -0.103. The van der Waals surface area contributed by atoms with Crippen LogP contribution in [0.15, 0.2) is 23.1 Å². The Morgan fingerprint density at radius 1 is 1.70 bits per heavy atom. The molecule has 0 fully saturated rings. The van der Waals surface area contributed by atoms with Gasteiger partial charge in [0.05, 0.1) is 0 Å². The Labute approximate surface area is 58.9 Å². The second kappa shape index (κ2) is 2.66. The highest BCUT2D eigenvalue weighted by molar-refractivity contribution is 5.07. The van der Waals surface area contributed by atoms with E-state index in [2.05, 4.69) is 4.98 Å². The summed E-state index contributed by atoms with van der Waals surface area (Å²) in [6.45, 7) is 1.82. The van der Waals surface area contributed by atoms with Crippen LogP contribution in [0.1, 0.15) is 18.7 Å². The van der Waals surface area contributed by atoms with Crippen molar-refractivity contribution in [3.63, 3.8) is 0 Å². The third-order valence-corrected chi connectivity index (χ3v) is 1.29. The number of aromatic amines is 1.